The molecule has 0 bridgehead atoms. The van der Waals surface area contributed by atoms with Crippen LogP contribution in [0.3, 0.4) is 0 Å². The minimum Gasteiger partial charge on any atom is -0.465 e. The number of benzene rings is 2. The van der Waals surface area contributed by atoms with Crippen molar-refractivity contribution in [2.75, 3.05) is 11.4 Å². The number of nitrogens with one attached hydrogen (secondary N) is 3. The zero-order valence-corrected chi connectivity index (χ0v) is 25.3. The summed E-state index contributed by atoms with van der Waals surface area (Å²) in [6.07, 6.45) is 4.96. The Morgan fingerprint density at radius 1 is 1.04 bits per heavy atom. The third-order valence-electron chi connectivity index (χ3n) is 7.70. The van der Waals surface area contributed by atoms with Crippen molar-refractivity contribution >= 4 is 29.6 Å². The quantitative estimate of drug-likeness (QED) is 0.120. The van der Waals surface area contributed by atoms with E-state index in [1.807, 2.05) is 30.3 Å². The second kappa shape index (κ2) is 14.8. The Kier molecular flexibility index (Phi) is 10.7. The predicted octanol–water partition coefficient (Wildman–Crippen LogP) is 4.82. The first kappa shape index (κ1) is 33.1. The average molecular weight is 625 g/mol. The smallest absolute Gasteiger partial charge is 0.413 e. The summed E-state index contributed by atoms with van der Waals surface area (Å²) in [5, 5.41) is 23.2. The van der Waals surface area contributed by atoms with E-state index in [0.717, 1.165) is 10.5 Å². The highest BCUT2D eigenvalue weighted by atomic mass is 16.5. The summed E-state index contributed by atoms with van der Waals surface area (Å²) in [6, 6.07) is 14.9. The van der Waals surface area contributed by atoms with E-state index in [1.165, 1.54) is 16.8 Å². The molecule has 0 unspecified atom stereocenters. The van der Waals surface area contributed by atoms with E-state index >= 15 is 0 Å². The number of hydrogen-bond donors (Lipinski definition) is 4. The van der Waals surface area contributed by atoms with Crippen molar-refractivity contribution in [1.82, 2.24) is 20.2 Å². The first-order chi connectivity index (χ1) is 22.1. The number of carbonyl (C=O) groups is 3. The Bertz CT molecular complexity index is 1690. The maximum atomic E-state index is 13.8. The summed E-state index contributed by atoms with van der Waals surface area (Å²) in [6.45, 7) is 11.3. The van der Waals surface area contributed by atoms with Crippen LogP contribution in [0.25, 0.3) is 0 Å². The summed E-state index contributed by atoms with van der Waals surface area (Å²) in [5.74, 6) is -0.225. The molecule has 0 spiro atoms. The van der Waals surface area contributed by atoms with E-state index in [1.54, 1.807) is 36.4 Å². The SMILES string of the molecule is C=CCN(C(=O)O)c1cnc2n(c1=O)[C@H](C(=O)NCc1ccc(C(=N)NC(=O)OCc3ccccc3)cc1)CC2(CC=C)CC=C. The van der Waals surface area contributed by atoms with Gasteiger partial charge in [0.15, 0.2) is 0 Å². The molecule has 2 aromatic carbocycles. The first-order valence-corrected chi connectivity index (χ1v) is 14.5. The number of fused-ring (bicyclic) bond motifs is 1. The van der Waals surface area contributed by atoms with Crippen LogP contribution in [-0.2, 0) is 28.1 Å². The molecule has 4 rings (SSSR count). The molecule has 3 aromatic rings. The zero-order valence-electron chi connectivity index (χ0n) is 25.3. The van der Waals surface area contributed by atoms with Crippen molar-refractivity contribution in [3.05, 3.63) is 132 Å². The number of anilines is 1. The van der Waals surface area contributed by atoms with E-state index in [4.69, 9.17) is 10.1 Å². The largest absolute Gasteiger partial charge is 0.465 e. The van der Waals surface area contributed by atoms with Gasteiger partial charge >= 0.3 is 12.2 Å². The lowest BCUT2D eigenvalue weighted by atomic mass is 9.77. The highest BCUT2D eigenvalue weighted by molar-refractivity contribution is 6.04. The van der Waals surface area contributed by atoms with Gasteiger partial charge in [0.1, 0.15) is 30.0 Å². The fraction of sp³-hybridized carbons (Fsp3) is 0.235. The van der Waals surface area contributed by atoms with Gasteiger partial charge in [-0.15, -0.1) is 19.7 Å². The van der Waals surface area contributed by atoms with Crippen molar-refractivity contribution in [1.29, 1.82) is 5.41 Å². The van der Waals surface area contributed by atoms with Crippen molar-refractivity contribution in [2.24, 2.45) is 0 Å². The van der Waals surface area contributed by atoms with E-state index < -0.39 is 35.1 Å². The van der Waals surface area contributed by atoms with Gasteiger partial charge in [-0.3, -0.25) is 29.8 Å². The Balaban J connectivity index is 1.48. The first-order valence-electron chi connectivity index (χ1n) is 14.5. The maximum absolute atomic E-state index is 13.8. The third kappa shape index (κ3) is 7.29. The summed E-state index contributed by atoms with van der Waals surface area (Å²) in [5.41, 5.74) is 0.399. The van der Waals surface area contributed by atoms with Crippen molar-refractivity contribution in [3.8, 4) is 0 Å². The monoisotopic (exact) mass is 624 g/mol. The van der Waals surface area contributed by atoms with E-state index in [9.17, 15) is 24.3 Å². The number of amides is 3. The van der Waals surface area contributed by atoms with E-state index in [-0.39, 0.29) is 37.6 Å². The number of alkyl carbamates (subject to hydrolysis) is 1. The zero-order chi connectivity index (χ0) is 33.3. The number of nitrogens with zero attached hydrogens (tertiary/aromatic N) is 3. The molecular weight excluding hydrogens is 588 g/mol. The van der Waals surface area contributed by atoms with Gasteiger partial charge in [0.2, 0.25) is 5.91 Å². The second-order valence-corrected chi connectivity index (χ2v) is 10.8. The molecule has 1 atom stereocenters. The maximum Gasteiger partial charge on any atom is 0.413 e. The number of carbonyl (C=O) groups excluding carboxylic acids is 2. The van der Waals surface area contributed by atoms with Crippen LogP contribution >= 0.6 is 0 Å². The average Bonchev–Trinajstić information content (AvgIpc) is 3.37. The Hall–Kier alpha value is -5.78. The Morgan fingerprint density at radius 3 is 2.33 bits per heavy atom. The normalized spacial score (nSPS) is 14.3. The summed E-state index contributed by atoms with van der Waals surface area (Å²) >= 11 is 0. The third-order valence-corrected chi connectivity index (χ3v) is 7.70. The van der Waals surface area contributed by atoms with Crippen LogP contribution in [0.5, 0.6) is 0 Å². The van der Waals surface area contributed by atoms with Gasteiger partial charge in [-0.25, -0.2) is 14.6 Å². The van der Waals surface area contributed by atoms with Crippen LogP contribution in [0.15, 0.2) is 104 Å². The van der Waals surface area contributed by atoms with Gasteiger partial charge in [-0.05, 0) is 30.4 Å². The van der Waals surface area contributed by atoms with Gasteiger partial charge in [0.25, 0.3) is 5.56 Å². The van der Waals surface area contributed by atoms with Gasteiger partial charge in [0.05, 0.1) is 6.20 Å². The number of allylic oxidation sites excluding steroid dienone is 2. The number of ether oxygens (including phenoxy) is 1. The highest BCUT2D eigenvalue weighted by Gasteiger charge is 2.47. The van der Waals surface area contributed by atoms with Gasteiger partial charge in [0, 0.05) is 24.1 Å². The number of carboxylic acid groups (broad SMARTS) is 1. The molecule has 0 radical (unpaired) electrons. The molecule has 3 amide bonds. The Morgan fingerprint density at radius 2 is 1.72 bits per heavy atom. The fourth-order valence-electron chi connectivity index (χ4n) is 5.51. The van der Waals surface area contributed by atoms with Crippen molar-refractivity contribution < 1.29 is 24.2 Å². The van der Waals surface area contributed by atoms with Crippen LogP contribution in [0.2, 0.25) is 0 Å². The molecule has 12 heteroatoms. The van der Waals surface area contributed by atoms with Crippen LogP contribution in [0.1, 0.15) is 47.8 Å². The molecule has 2 heterocycles. The number of amidine groups is 1. The molecule has 1 aliphatic rings. The predicted molar refractivity (Wildman–Crippen MR) is 174 cm³/mol. The molecule has 4 N–H and O–H groups in total. The summed E-state index contributed by atoms with van der Waals surface area (Å²) in [7, 11) is 0. The van der Waals surface area contributed by atoms with Crippen LogP contribution in [0, 0.1) is 5.41 Å². The molecule has 1 aromatic heterocycles. The molecule has 1 aliphatic heterocycles. The van der Waals surface area contributed by atoms with Gasteiger partial charge in [-0.2, -0.15) is 0 Å². The van der Waals surface area contributed by atoms with Crippen molar-refractivity contribution in [3.63, 3.8) is 0 Å². The Labute approximate surface area is 266 Å². The molecule has 46 heavy (non-hydrogen) atoms. The molecule has 0 saturated carbocycles. The molecule has 0 saturated heterocycles. The molecule has 238 valence electrons. The van der Waals surface area contributed by atoms with E-state index in [0.29, 0.717) is 29.8 Å². The fourth-order valence-corrected chi connectivity index (χ4v) is 5.51. The van der Waals surface area contributed by atoms with Crippen molar-refractivity contribution in [2.45, 2.75) is 43.9 Å². The minimum atomic E-state index is -1.35. The molecule has 0 fully saturated rings. The summed E-state index contributed by atoms with van der Waals surface area (Å²) in [4.78, 5) is 56.8. The lowest BCUT2D eigenvalue weighted by molar-refractivity contribution is -0.124. The van der Waals surface area contributed by atoms with Crippen LogP contribution < -0.4 is 21.1 Å². The van der Waals surface area contributed by atoms with Gasteiger partial charge in [-0.1, -0.05) is 72.8 Å². The van der Waals surface area contributed by atoms with Crippen LogP contribution in [0.4, 0.5) is 15.3 Å². The highest BCUT2D eigenvalue weighted by Crippen LogP contribution is 2.45. The molecule has 0 aliphatic carbocycles. The van der Waals surface area contributed by atoms with Gasteiger partial charge < -0.3 is 15.2 Å². The number of rotatable bonds is 13. The number of hydrogen-bond acceptors (Lipinski definition) is 7. The lowest BCUT2D eigenvalue weighted by Gasteiger charge is -2.26. The lowest BCUT2D eigenvalue weighted by Crippen LogP contribution is -2.40. The topological polar surface area (TPSA) is 167 Å². The standard InChI is InChI=1S/C34H36N6O6/c1-4-16-34(17-5-2)19-26(40-30(42)27(21-37-31(34)40)39(18-6-3)33(44)45)29(41)36-20-23-12-14-25(15-13-23)28(35)38-32(43)46-22-24-10-8-7-9-11-24/h4-15,21,26H,1-3,16-20,22H2,(H,36,41)(H,44,45)(H2,35,38,43)/t26-/m0/s1. The molecular formula is C34H36N6O6. The second-order valence-electron chi connectivity index (χ2n) is 10.8. The minimum absolute atomic E-state index is 0.0719. The van der Waals surface area contributed by atoms with Crippen LogP contribution in [-0.4, -0.2) is 45.1 Å². The van der Waals surface area contributed by atoms with E-state index in [2.05, 4.69) is 35.4 Å². The molecule has 12 nitrogen and oxygen atoms in total. The summed E-state index contributed by atoms with van der Waals surface area (Å²) < 4.78 is 6.45. The number of aromatic nitrogens is 2.